The number of fused-ring (bicyclic) bond motifs is 1. The zero-order valence-electron chi connectivity index (χ0n) is 12.6. The third-order valence-corrected chi connectivity index (χ3v) is 4.35. The lowest BCUT2D eigenvalue weighted by Crippen LogP contribution is -2.29. The van der Waals surface area contributed by atoms with Crippen LogP contribution < -0.4 is 0 Å². The maximum absolute atomic E-state index is 10.2. The van der Waals surface area contributed by atoms with Crippen molar-refractivity contribution in [3.05, 3.63) is 42.0 Å². The third-order valence-electron chi connectivity index (χ3n) is 4.35. The van der Waals surface area contributed by atoms with Gasteiger partial charge in [0.15, 0.2) is 0 Å². The minimum Gasteiger partial charge on any atom is -0.508 e. The van der Waals surface area contributed by atoms with Crippen LogP contribution in [0.5, 0.6) is 5.75 Å². The average Bonchev–Trinajstić information content (AvgIpc) is 2.51. The molecule has 0 bridgehead atoms. The SMILES string of the molecule is CN(Cc1c(O)ccc2ccccc12)CC1CCOCC1. The van der Waals surface area contributed by atoms with Gasteiger partial charge in [-0.3, -0.25) is 0 Å². The molecule has 112 valence electrons. The Kier molecular flexibility index (Phi) is 4.42. The lowest BCUT2D eigenvalue weighted by molar-refractivity contribution is 0.0549. The summed E-state index contributed by atoms with van der Waals surface area (Å²) in [6.07, 6.45) is 2.29. The number of hydrogen-bond acceptors (Lipinski definition) is 3. The van der Waals surface area contributed by atoms with Crippen molar-refractivity contribution in [2.75, 3.05) is 26.8 Å². The number of hydrogen-bond donors (Lipinski definition) is 1. The first-order chi connectivity index (χ1) is 10.2. The second kappa shape index (κ2) is 6.46. The van der Waals surface area contributed by atoms with Crippen LogP contribution in [0.2, 0.25) is 0 Å². The van der Waals surface area contributed by atoms with Gasteiger partial charge in [0, 0.05) is 31.9 Å². The van der Waals surface area contributed by atoms with E-state index >= 15 is 0 Å². The molecule has 1 saturated heterocycles. The second-order valence-corrected chi connectivity index (χ2v) is 6.04. The summed E-state index contributed by atoms with van der Waals surface area (Å²) in [5, 5.41) is 12.6. The van der Waals surface area contributed by atoms with E-state index in [1.54, 1.807) is 6.07 Å². The standard InChI is InChI=1S/C18H23NO2/c1-19(12-14-8-10-21-11-9-14)13-17-16-5-3-2-4-15(16)6-7-18(17)20/h2-7,14,20H,8-13H2,1H3. The summed E-state index contributed by atoms with van der Waals surface area (Å²) in [5.41, 5.74) is 1.03. The Morgan fingerprint density at radius 1 is 1.14 bits per heavy atom. The number of benzene rings is 2. The van der Waals surface area contributed by atoms with Gasteiger partial charge in [-0.1, -0.05) is 30.3 Å². The molecule has 1 heterocycles. The summed E-state index contributed by atoms with van der Waals surface area (Å²) < 4.78 is 5.42. The Labute approximate surface area is 126 Å². The lowest BCUT2D eigenvalue weighted by Gasteiger charge is -2.27. The van der Waals surface area contributed by atoms with Crippen LogP contribution >= 0.6 is 0 Å². The highest BCUT2D eigenvalue weighted by Gasteiger charge is 2.17. The Morgan fingerprint density at radius 2 is 1.90 bits per heavy atom. The minimum atomic E-state index is 0.396. The molecule has 1 fully saturated rings. The largest absolute Gasteiger partial charge is 0.508 e. The number of nitrogens with zero attached hydrogens (tertiary/aromatic N) is 1. The van der Waals surface area contributed by atoms with E-state index in [4.69, 9.17) is 4.74 Å². The normalized spacial score (nSPS) is 16.7. The van der Waals surface area contributed by atoms with Crippen molar-refractivity contribution in [2.45, 2.75) is 19.4 Å². The van der Waals surface area contributed by atoms with Gasteiger partial charge < -0.3 is 14.7 Å². The van der Waals surface area contributed by atoms with E-state index in [-0.39, 0.29) is 0 Å². The van der Waals surface area contributed by atoms with Crippen molar-refractivity contribution < 1.29 is 9.84 Å². The van der Waals surface area contributed by atoms with Crippen molar-refractivity contribution in [3.63, 3.8) is 0 Å². The Balaban J connectivity index is 1.75. The lowest BCUT2D eigenvalue weighted by atomic mass is 9.99. The van der Waals surface area contributed by atoms with Crippen molar-refractivity contribution in [2.24, 2.45) is 5.92 Å². The van der Waals surface area contributed by atoms with Gasteiger partial charge in [0.1, 0.15) is 5.75 Å². The van der Waals surface area contributed by atoms with Crippen LogP contribution in [0.1, 0.15) is 18.4 Å². The quantitative estimate of drug-likeness (QED) is 0.934. The molecule has 0 saturated carbocycles. The molecule has 0 radical (unpaired) electrons. The molecule has 0 unspecified atom stereocenters. The Morgan fingerprint density at radius 3 is 2.71 bits per heavy atom. The molecule has 0 spiro atoms. The summed E-state index contributed by atoms with van der Waals surface area (Å²) in [4.78, 5) is 2.32. The molecule has 0 atom stereocenters. The fraction of sp³-hybridized carbons (Fsp3) is 0.444. The molecule has 0 aromatic heterocycles. The summed E-state index contributed by atoms with van der Waals surface area (Å²) in [6, 6.07) is 12.0. The van der Waals surface area contributed by atoms with E-state index in [2.05, 4.69) is 24.1 Å². The molecule has 0 aliphatic carbocycles. The van der Waals surface area contributed by atoms with Crippen LogP contribution in [0.4, 0.5) is 0 Å². The van der Waals surface area contributed by atoms with E-state index in [1.807, 2.05) is 18.2 Å². The monoisotopic (exact) mass is 285 g/mol. The van der Waals surface area contributed by atoms with E-state index in [1.165, 1.54) is 5.39 Å². The van der Waals surface area contributed by atoms with Crippen LogP contribution in [0, 0.1) is 5.92 Å². The van der Waals surface area contributed by atoms with E-state index in [9.17, 15) is 5.11 Å². The first kappa shape index (κ1) is 14.4. The van der Waals surface area contributed by atoms with Crippen LogP contribution in [-0.2, 0) is 11.3 Å². The summed E-state index contributed by atoms with van der Waals surface area (Å²) in [6.45, 7) is 3.62. The molecule has 1 aliphatic rings. The average molecular weight is 285 g/mol. The van der Waals surface area contributed by atoms with Crippen molar-refractivity contribution in [1.29, 1.82) is 0 Å². The number of phenols is 1. The van der Waals surface area contributed by atoms with Crippen LogP contribution in [0.15, 0.2) is 36.4 Å². The maximum Gasteiger partial charge on any atom is 0.120 e. The summed E-state index contributed by atoms with van der Waals surface area (Å²) in [7, 11) is 2.14. The third kappa shape index (κ3) is 3.36. The molecular formula is C18H23NO2. The van der Waals surface area contributed by atoms with Crippen molar-refractivity contribution in [1.82, 2.24) is 4.90 Å². The van der Waals surface area contributed by atoms with Crippen LogP contribution in [0.25, 0.3) is 10.8 Å². The maximum atomic E-state index is 10.2. The highest BCUT2D eigenvalue weighted by atomic mass is 16.5. The zero-order chi connectivity index (χ0) is 14.7. The minimum absolute atomic E-state index is 0.396. The van der Waals surface area contributed by atoms with Gasteiger partial charge in [0.25, 0.3) is 0 Å². The fourth-order valence-corrected chi connectivity index (χ4v) is 3.19. The number of rotatable bonds is 4. The van der Waals surface area contributed by atoms with E-state index in [0.29, 0.717) is 11.7 Å². The van der Waals surface area contributed by atoms with Crippen molar-refractivity contribution in [3.8, 4) is 5.75 Å². The Bertz CT molecular complexity index is 605. The zero-order valence-corrected chi connectivity index (χ0v) is 12.6. The molecule has 3 rings (SSSR count). The smallest absolute Gasteiger partial charge is 0.120 e. The van der Waals surface area contributed by atoms with Gasteiger partial charge >= 0.3 is 0 Å². The van der Waals surface area contributed by atoms with Crippen molar-refractivity contribution >= 4 is 10.8 Å². The van der Waals surface area contributed by atoms with Crippen LogP contribution in [-0.4, -0.2) is 36.8 Å². The first-order valence-electron chi connectivity index (χ1n) is 7.70. The second-order valence-electron chi connectivity index (χ2n) is 6.04. The highest BCUT2D eigenvalue weighted by Crippen LogP contribution is 2.28. The predicted octanol–water partition coefficient (Wildman–Crippen LogP) is 3.40. The number of aromatic hydroxyl groups is 1. The van der Waals surface area contributed by atoms with Gasteiger partial charge in [0.2, 0.25) is 0 Å². The van der Waals surface area contributed by atoms with Gasteiger partial charge in [-0.05, 0) is 42.6 Å². The first-order valence-corrected chi connectivity index (χ1v) is 7.70. The highest BCUT2D eigenvalue weighted by molar-refractivity contribution is 5.87. The number of phenolic OH excluding ortho intramolecular Hbond substituents is 1. The molecular weight excluding hydrogens is 262 g/mol. The summed E-state index contributed by atoms with van der Waals surface area (Å²) in [5.74, 6) is 1.10. The van der Waals surface area contributed by atoms with Gasteiger partial charge in [-0.15, -0.1) is 0 Å². The predicted molar refractivity (Wildman–Crippen MR) is 85.5 cm³/mol. The fourth-order valence-electron chi connectivity index (χ4n) is 3.19. The van der Waals surface area contributed by atoms with Crippen LogP contribution in [0.3, 0.4) is 0 Å². The van der Waals surface area contributed by atoms with E-state index in [0.717, 1.165) is 50.1 Å². The van der Waals surface area contributed by atoms with E-state index < -0.39 is 0 Å². The van der Waals surface area contributed by atoms with Gasteiger partial charge in [-0.25, -0.2) is 0 Å². The molecule has 0 amide bonds. The topological polar surface area (TPSA) is 32.7 Å². The molecule has 3 nitrogen and oxygen atoms in total. The number of ether oxygens (including phenoxy) is 1. The molecule has 2 aromatic rings. The Hall–Kier alpha value is -1.58. The molecule has 21 heavy (non-hydrogen) atoms. The molecule has 1 N–H and O–H groups in total. The summed E-state index contributed by atoms with van der Waals surface area (Å²) >= 11 is 0. The van der Waals surface area contributed by atoms with Gasteiger partial charge in [-0.2, -0.15) is 0 Å². The molecule has 3 heteroatoms. The molecule has 1 aliphatic heterocycles. The van der Waals surface area contributed by atoms with Gasteiger partial charge in [0.05, 0.1) is 0 Å². The molecule has 2 aromatic carbocycles.